The van der Waals surface area contributed by atoms with Crippen LogP contribution in [0.5, 0.6) is 0 Å². The highest BCUT2D eigenvalue weighted by Gasteiger charge is 2.31. The van der Waals surface area contributed by atoms with E-state index in [1.165, 1.54) is 22.6 Å². The lowest BCUT2D eigenvalue weighted by Crippen LogP contribution is -2.45. The second kappa shape index (κ2) is 7.95. The third kappa shape index (κ3) is 3.48. The van der Waals surface area contributed by atoms with Crippen molar-refractivity contribution in [2.45, 2.75) is 35.3 Å². The summed E-state index contributed by atoms with van der Waals surface area (Å²) in [5.41, 5.74) is 6.87. The SMILES string of the molecule is Nc1c(S(=O)(=O)c2ccc(Br)cc2)cc2c(=O)n3ccccc3nc2[n+]1C[C@@H]1CCCO1. The van der Waals surface area contributed by atoms with E-state index >= 15 is 0 Å². The molecule has 4 aromatic rings. The van der Waals surface area contributed by atoms with E-state index < -0.39 is 9.84 Å². The van der Waals surface area contributed by atoms with Crippen molar-refractivity contribution in [1.82, 2.24) is 9.38 Å². The maximum atomic E-state index is 13.5. The smallest absolute Gasteiger partial charge is 0.278 e. The quantitative estimate of drug-likeness (QED) is 0.330. The van der Waals surface area contributed by atoms with Gasteiger partial charge in [-0.05, 0) is 55.3 Å². The number of halogens is 1. The van der Waals surface area contributed by atoms with Crippen LogP contribution < -0.4 is 15.9 Å². The normalized spacial score (nSPS) is 16.7. The van der Waals surface area contributed by atoms with Crippen LogP contribution in [0.1, 0.15) is 12.8 Å². The predicted molar refractivity (Wildman–Crippen MR) is 122 cm³/mol. The Bertz CT molecular complexity index is 1510. The number of hydrogen-bond acceptors (Lipinski definition) is 6. The summed E-state index contributed by atoms with van der Waals surface area (Å²) in [6.45, 7) is 0.945. The summed E-state index contributed by atoms with van der Waals surface area (Å²) in [4.78, 5) is 17.9. The van der Waals surface area contributed by atoms with Crippen LogP contribution in [0.25, 0.3) is 16.7 Å². The first kappa shape index (κ1) is 21.0. The lowest BCUT2D eigenvalue weighted by atomic mass is 10.2. The zero-order chi connectivity index (χ0) is 22.5. The van der Waals surface area contributed by atoms with E-state index in [-0.39, 0.29) is 32.7 Å². The molecule has 8 nitrogen and oxygen atoms in total. The van der Waals surface area contributed by atoms with Gasteiger partial charge in [-0.3, -0.25) is 9.20 Å². The number of fused-ring (bicyclic) bond motifs is 2. The van der Waals surface area contributed by atoms with Crippen LogP contribution in [0.4, 0.5) is 5.82 Å². The molecule has 0 unspecified atom stereocenters. The van der Waals surface area contributed by atoms with Gasteiger partial charge in [-0.15, -0.1) is 0 Å². The fourth-order valence-corrected chi connectivity index (χ4v) is 5.68. The summed E-state index contributed by atoms with van der Waals surface area (Å²) in [6, 6.07) is 12.9. The van der Waals surface area contributed by atoms with E-state index in [9.17, 15) is 13.2 Å². The molecule has 0 amide bonds. The van der Waals surface area contributed by atoms with Crippen LogP contribution >= 0.6 is 15.9 Å². The molecule has 0 saturated carbocycles. The third-order valence-electron chi connectivity index (χ3n) is 5.65. The molecule has 164 valence electrons. The average molecular weight is 516 g/mol. The molecule has 4 heterocycles. The largest absolute Gasteiger partial charge is 0.375 e. The third-order valence-corrected chi connectivity index (χ3v) is 7.97. The summed E-state index contributed by atoms with van der Waals surface area (Å²) in [5.74, 6) is 0.0306. The molecule has 1 aliphatic heterocycles. The monoisotopic (exact) mass is 515 g/mol. The van der Waals surface area contributed by atoms with Crippen molar-refractivity contribution >= 4 is 48.3 Å². The van der Waals surface area contributed by atoms with E-state index in [0.29, 0.717) is 24.4 Å². The van der Waals surface area contributed by atoms with Crippen LogP contribution in [0.2, 0.25) is 0 Å². The molecule has 0 bridgehead atoms. The summed E-state index contributed by atoms with van der Waals surface area (Å²) < 4.78 is 36.5. The zero-order valence-corrected chi connectivity index (χ0v) is 19.3. The molecule has 0 spiro atoms. The number of aromatic nitrogens is 3. The highest BCUT2D eigenvalue weighted by atomic mass is 79.9. The van der Waals surface area contributed by atoms with Crippen molar-refractivity contribution < 1.29 is 17.7 Å². The Morgan fingerprint density at radius 1 is 1.22 bits per heavy atom. The van der Waals surface area contributed by atoms with E-state index in [4.69, 9.17) is 10.5 Å². The Labute approximate surface area is 192 Å². The molecule has 0 radical (unpaired) electrons. The molecule has 1 saturated heterocycles. The second-order valence-electron chi connectivity index (χ2n) is 7.68. The molecular formula is C22H20BrN4O4S+. The molecule has 3 aromatic heterocycles. The Balaban J connectivity index is 1.83. The lowest BCUT2D eigenvalue weighted by molar-refractivity contribution is -0.667. The van der Waals surface area contributed by atoms with E-state index in [1.807, 2.05) is 0 Å². The van der Waals surface area contributed by atoms with Gasteiger partial charge in [0, 0.05) is 17.3 Å². The van der Waals surface area contributed by atoms with Gasteiger partial charge in [0.1, 0.15) is 10.3 Å². The van der Waals surface area contributed by atoms with Gasteiger partial charge in [0.05, 0.1) is 17.5 Å². The maximum absolute atomic E-state index is 13.5. The van der Waals surface area contributed by atoms with E-state index in [2.05, 4.69) is 20.9 Å². The van der Waals surface area contributed by atoms with Crippen molar-refractivity contribution in [3.05, 3.63) is 69.6 Å². The number of nitrogen functional groups attached to an aromatic ring is 1. The first-order valence-electron chi connectivity index (χ1n) is 10.1. The van der Waals surface area contributed by atoms with Gasteiger partial charge in [0.15, 0.2) is 0 Å². The van der Waals surface area contributed by atoms with Crippen LogP contribution in [-0.2, 0) is 21.1 Å². The number of nitrogens with zero attached hydrogens (tertiary/aromatic N) is 3. The van der Waals surface area contributed by atoms with Crippen LogP contribution in [-0.4, -0.2) is 30.5 Å². The van der Waals surface area contributed by atoms with Gasteiger partial charge in [-0.1, -0.05) is 27.0 Å². The Kier molecular flexibility index (Phi) is 5.23. The van der Waals surface area contributed by atoms with Crippen molar-refractivity contribution in [2.24, 2.45) is 0 Å². The van der Waals surface area contributed by atoms with Gasteiger partial charge in [-0.25, -0.2) is 13.0 Å². The first-order chi connectivity index (χ1) is 15.4. The maximum Gasteiger partial charge on any atom is 0.278 e. The highest BCUT2D eigenvalue weighted by Crippen LogP contribution is 2.27. The number of benzene rings is 1. The number of ether oxygens (including phenoxy) is 1. The van der Waals surface area contributed by atoms with Gasteiger partial charge in [-0.2, -0.15) is 0 Å². The number of nitrogens with two attached hydrogens (primary N) is 1. The van der Waals surface area contributed by atoms with Crippen LogP contribution in [0.15, 0.2) is 73.8 Å². The number of pyridine rings is 2. The van der Waals surface area contributed by atoms with E-state index in [1.54, 1.807) is 41.1 Å². The molecule has 32 heavy (non-hydrogen) atoms. The molecule has 1 aliphatic rings. The number of anilines is 1. The molecule has 2 N–H and O–H groups in total. The topological polar surface area (TPSA) is 108 Å². The Morgan fingerprint density at radius 3 is 2.72 bits per heavy atom. The second-order valence-corrected chi connectivity index (χ2v) is 10.5. The van der Waals surface area contributed by atoms with E-state index in [0.717, 1.165) is 17.3 Å². The summed E-state index contributed by atoms with van der Waals surface area (Å²) in [7, 11) is -3.99. The minimum atomic E-state index is -3.99. The Hall–Kier alpha value is -2.82. The standard InChI is InChI=1S/C22H19BrN4O4S/c23-14-6-8-16(9-7-14)32(29,30)18-12-17-21(25-19-5-1-2-10-26(19)22(17)28)27(20(18)24)13-15-4-3-11-31-15/h1-2,5-10,12,15,24H,3-4,11,13H2/p+1/t15-/m0/s1. The first-order valence-corrected chi connectivity index (χ1v) is 12.4. The van der Waals surface area contributed by atoms with Gasteiger partial charge >= 0.3 is 0 Å². The summed E-state index contributed by atoms with van der Waals surface area (Å²) >= 11 is 3.32. The van der Waals surface area contributed by atoms with Crippen LogP contribution in [0, 0.1) is 0 Å². The predicted octanol–water partition coefficient (Wildman–Crippen LogP) is 2.49. The molecular weight excluding hydrogens is 496 g/mol. The van der Waals surface area contributed by atoms with Crippen molar-refractivity contribution in [2.75, 3.05) is 12.3 Å². The highest BCUT2D eigenvalue weighted by molar-refractivity contribution is 9.10. The van der Waals surface area contributed by atoms with Crippen molar-refractivity contribution in [3.63, 3.8) is 0 Å². The minimum absolute atomic E-state index is 0.0306. The fraction of sp³-hybridized carbons (Fsp3) is 0.227. The van der Waals surface area contributed by atoms with Crippen molar-refractivity contribution in [3.8, 4) is 0 Å². The van der Waals surface area contributed by atoms with Crippen LogP contribution in [0.3, 0.4) is 0 Å². The molecule has 5 rings (SSSR count). The number of hydrogen-bond donors (Lipinski definition) is 1. The molecule has 1 fully saturated rings. The molecule has 0 aliphatic carbocycles. The lowest BCUT2D eigenvalue weighted by Gasteiger charge is -2.15. The Morgan fingerprint density at radius 2 is 2.00 bits per heavy atom. The molecule has 10 heteroatoms. The van der Waals surface area contributed by atoms with Crippen molar-refractivity contribution in [1.29, 1.82) is 0 Å². The minimum Gasteiger partial charge on any atom is -0.375 e. The average Bonchev–Trinajstić information content (AvgIpc) is 3.29. The van der Waals surface area contributed by atoms with Gasteiger partial charge in [0.25, 0.3) is 11.2 Å². The zero-order valence-electron chi connectivity index (χ0n) is 16.9. The van der Waals surface area contributed by atoms with Gasteiger partial charge < -0.3 is 10.5 Å². The number of rotatable bonds is 4. The summed E-state index contributed by atoms with van der Waals surface area (Å²) in [5, 5.41) is 0.177. The van der Waals surface area contributed by atoms with Gasteiger partial charge in [0.2, 0.25) is 21.3 Å². The summed E-state index contributed by atoms with van der Waals surface area (Å²) in [6.07, 6.45) is 3.21. The molecule has 1 aromatic carbocycles. The number of sulfone groups is 1. The fourth-order valence-electron chi connectivity index (χ4n) is 4.01. The molecule has 1 atom stereocenters.